The first-order valence-electron chi connectivity index (χ1n) is 11.3. The number of aryl methyl sites for hydroxylation is 1. The first-order chi connectivity index (χ1) is 14.6. The molecule has 0 aromatic heterocycles. The van der Waals surface area contributed by atoms with Gasteiger partial charge in [0.1, 0.15) is 0 Å². The van der Waals surface area contributed by atoms with Crippen LogP contribution in [-0.4, -0.2) is 54.3 Å². The van der Waals surface area contributed by atoms with E-state index >= 15 is 0 Å². The Morgan fingerprint density at radius 1 is 1.10 bits per heavy atom. The molecule has 1 unspecified atom stereocenters. The topological polar surface area (TPSA) is 70.1 Å². The molecule has 31 heavy (non-hydrogen) atoms. The summed E-state index contributed by atoms with van der Waals surface area (Å²) in [5.41, 5.74) is 4.23. The average Bonchev–Trinajstić information content (AvgIpc) is 2.91. The number of amides is 2. The summed E-state index contributed by atoms with van der Waals surface area (Å²) in [6, 6.07) is 4.43. The summed E-state index contributed by atoms with van der Waals surface area (Å²) in [6.45, 7) is 9.71. The maximum atomic E-state index is 13.3. The van der Waals surface area contributed by atoms with Crippen molar-refractivity contribution in [1.29, 1.82) is 0 Å². The molecule has 1 N–H and O–H groups in total. The van der Waals surface area contributed by atoms with Crippen molar-refractivity contribution in [1.82, 2.24) is 4.90 Å². The predicted molar refractivity (Wildman–Crippen MR) is 134 cm³/mol. The van der Waals surface area contributed by atoms with E-state index < -0.39 is 29.5 Å². The number of rotatable bonds is 4. The number of halogens is 1. The van der Waals surface area contributed by atoms with Crippen LogP contribution in [0.3, 0.4) is 0 Å². The molecule has 0 radical (unpaired) electrons. The standard InChI is InChI=1S/C24H37IN2O4/c1-6-8-21(28)25(5)22(29)27-12-7-9-19-15-17-10-13-26(23(30)31-24(2,3)4)14-11-18(17)16-20(19)27/h15-16,21,28H,6-14H2,1-5H3. The molecule has 0 aliphatic carbocycles. The number of aliphatic hydroxyl groups is 1. The van der Waals surface area contributed by atoms with E-state index in [-0.39, 0.29) is 10.0 Å². The van der Waals surface area contributed by atoms with E-state index in [2.05, 4.69) is 12.1 Å². The molecule has 2 aliphatic heterocycles. The molecule has 0 spiro atoms. The molecule has 1 aromatic carbocycles. The van der Waals surface area contributed by atoms with Gasteiger partial charge in [-0.25, -0.2) is 0 Å². The van der Waals surface area contributed by atoms with Crippen molar-refractivity contribution in [3.63, 3.8) is 0 Å². The second kappa shape index (κ2) is 10.1. The van der Waals surface area contributed by atoms with Crippen molar-refractivity contribution in [2.24, 2.45) is 0 Å². The van der Waals surface area contributed by atoms with Crippen LogP contribution in [0.4, 0.5) is 15.3 Å². The molecule has 3 rings (SSSR count). The number of fused-ring (bicyclic) bond motifs is 2. The first kappa shape index (κ1) is 24.3. The molecular weight excluding hydrogens is 507 g/mol. The number of alkyl halides is 2. The van der Waals surface area contributed by atoms with Crippen LogP contribution in [0.1, 0.15) is 63.6 Å². The average molecular weight is 544 g/mol. The van der Waals surface area contributed by atoms with Crippen LogP contribution in [-0.2, 0) is 24.0 Å². The fourth-order valence-electron chi connectivity index (χ4n) is 4.18. The van der Waals surface area contributed by atoms with Gasteiger partial charge in [-0.1, -0.05) is 0 Å². The van der Waals surface area contributed by atoms with Gasteiger partial charge in [0.15, 0.2) is 0 Å². The van der Waals surface area contributed by atoms with Gasteiger partial charge in [-0.3, -0.25) is 0 Å². The summed E-state index contributed by atoms with van der Waals surface area (Å²) in [5, 5.41) is 10.4. The zero-order valence-electron chi connectivity index (χ0n) is 19.5. The maximum absolute atomic E-state index is 13.3. The second-order valence-electron chi connectivity index (χ2n) is 9.46. The van der Waals surface area contributed by atoms with Crippen molar-refractivity contribution in [2.75, 3.05) is 29.5 Å². The van der Waals surface area contributed by atoms with Crippen LogP contribution >= 0.6 is 19.8 Å². The van der Waals surface area contributed by atoms with Gasteiger partial charge in [0.25, 0.3) is 0 Å². The van der Waals surface area contributed by atoms with Crippen LogP contribution in [0.15, 0.2) is 12.1 Å². The molecule has 0 saturated heterocycles. The number of aliphatic hydroxyl groups excluding tert-OH is 1. The molecule has 2 aliphatic rings. The first-order valence-corrected chi connectivity index (χ1v) is 15.8. The Bertz CT molecular complexity index is 821. The van der Waals surface area contributed by atoms with E-state index in [9.17, 15) is 14.7 Å². The van der Waals surface area contributed by atoms with Crippen molar-refractivity contribution in [3.8, 4) is 0 Å². The van der Waals surface area contributed by atoms with Gasteiger partial charge in [0.2, 0.25) is 0 Å². The quantitative estimate of drug-likeness (QED) is 0.247. The van der Waals surface area contributed by atoms with E-state index in [4.69, 9.17) is 4.74 Å². The number of nitrogens with zero attached hydrogens (tertiary/aromatic N) is 2. The fourth-order valence-corrected chi connectivity index (χ4v) is 7.77. The summed E-state index contributed by atoms with van der Waals surface area (Å²) < 4.78 is 5.28. The minimum absolute atomic E-state index is 0.162. The van der Waals surface area contributed by atoms with E-state index in [0.717, 1.165) is 44.3 Å². The minimum atomic E-state index is -2.15. The fraction of sp³-hybridized carbons (Fsp3) is 0.667. The van der Waals surface area contributed by atoms with Crippen LogP contribution in [0.5, 0.6) is 0 Å². The molecule has 0 saturated carbocycles. The molecule has 7 heteroatoms. The van der Waals surface area contributed by atoms with E-state index in [1.807, 2.05) is 37.5 Å². The third kappa shape index (κ3) is 5.92. The van der Waals surface area contributed by atoms with Gasteiger partial charge in [-0.05, 0) is 0 Å². The number of carbonyl (C=O) groups is 2. The molecule has 2 amide bonds. The number of benzene rings is 1. The number of hydrogen-bond donors (Lipinski definition) is 1. The van der Waals surface area contributed by atoms with Crippen LogP contribution in [0.2, 0.25) is 0 Å². The van der Waals surface area contributed by atoms with Crippen molar-refractivity contribution in [3.05, 3.63) is 28.8 Å². The summed E-state index contributed by atoms with van der Waals surface area (Å²) >= 11 is -2.15. The van der Waals surface area contributed by atoms with Gasteiger partial charge in [0.05, 0.1) is 0 Å². The monoisotopic (exact) mass is 544 g/mol. The third-order valence-corrected chi connectivity index (χ3v) is 10.7. The summed E-state index contributed by atoms with van der Waals surface area (Å²) in [5.74, 6) is 0. The van der Waals surface area contributed by atoms with Gasteiger partial charge < -0.3 is 0 Å². The SMILES string of the molecule is CCCC(O)I(C)C(=O)N1CCCc2cc3c(cc21)CCN(C(=O)OC(C)(C)C)CC3. The number of hydrogen-bond acceptors (Lipinski definition) is 4. The van der Waals surface area contributed by atoms with Crippen molar-refractivity contribution in [2.45, 2.75) is 75.9 Å². The van der Waals surface area contributed by atoms with Crippen molar-refractivity contribution < 1.29 is 19.4 Å². The molecule has 1 atom stereocenters. The van der Waals surface area contributed by atoms with Crippen LogP contribution in [0, 0.1) is 0 Å². The molecule has 0 bridgehead atoms. The molecular formula is C24H37IN2O4. The van der Waals surface area contributed by atoms with Gasteiger partial charge in [-0.15, -0.1) is 0 Å². The molecule has 2 heterocycles. The zero-order chi connectivity index (χ0) is 22.8. The molecule has 6 nitrogen and oxygen atoms in total. The Balaban J connectivity index is 1.79. The van der Waals surface area contributed by atoms with Crippen molar-refractivity contribution >= 4 is 35.5 Å². The van der Waals surface area contributed by atoms with E-state index in [1.54, 1.807) is 4.90 Å². The number of anilines is 1. The second-order valence-corrected chi connectivity index (χ2v) is 14.8. The Labute approximate surface area is 193 Å². The Morgan fingerprint density at radius 2 is 1.74 bits per heavy atom. The predicted octanol–water partition coefficient (Wildman–Crippen LogP) is 5.15. The Kier molecular flexibility index (Phi) is 7.89. The molecule has 174 valence electrons. The van der Waals surface area contributed by atoms with E-state index in [0.29, 0.717) is 19.5 Å². The Hall–Kier alpha value is -1.35. The number of ether oxygens (including phenoxy) is 1. The van der Waals surface area contributed by atoms with Crippen LogP contribution in [0.25, 0.3) is 0 Å². The summed E-state index contributed by atoms with van der Waals surface area (Å²) in [4.78, 5) is 31.5. The third-order valence-electron chi connectivity index (χ3n) is 5.85. The summed E-state index contributed by atoms with van der Waals surface area (Å²) in [6.07, 6.45) is 4.83. The molecule has 1 aromatic rings. The zero-order valence-corrected chi connectivity index (χ0v) is 21.7. The van der Waals surface area contributed by atoms with Gasteiger partial charge in [-0.2, -0.15) is 0 Å². The molecule has 0 fully saturated rings. The normalized spacial score (nSPS) is 17.9. The Morgan fingerprint density at radius 3 is 2.35 bits per heavy atom. The van der Waals surface area contributed by atoms with E-state index in [1.165, 1.54) is 16.7 Å². The van der Waals surface area contributed by atoms with Gasteiger partial charge >= 0.3 is 194 Å². The summed E-state index contributed by atoms with van der Waals surface area (Å²) in [7, 11) is 0. The number of carbonyl (C=O) groups excluding carboxylic acids is 2. The van der Waals surface area contributed by atoms with Crippen LogP contribution < -0.4 is 4.90 Å². The van der Waals surface area contributed by atoms with Gasteiger partial charge in [0, 0.05) is 0 Å².